The van der Waals surface area contributed by atoms with E-state index in [-0.39, 0.29) is 5.69 Å². The maximum atomic E-state index is 11.5. The van der Waals surface area contributed by atoms with E-state index in [9.17, 15) is 4.79 Å². The summed E-state index contributed by atoms with van der Waals surface area (Å²) in [5.41, 5.74) is -0.196. The minimum atomic E-state index is -0.196. The van der Waals surface area contributed by atoms with Gasteiger partial charge in [-0.15, -0.1) is 0 Å². The van der Waals surface area contributed by atoms with Crippen molar-refractivity contribution in [1.29, 1.82) is 0 Å². The highest BCUT2D eigenvalue weighted by molar-refractivity contribution is 14.1. The molecule has 0 saturated carbocycles. The van der Waals surface area contributed by atoms with Crippen LogP contribution in [-0.4, -0.2) is 19.3 Å². The minimum Gasteiger partial charge on any atom is -0.246 e. The van der Waals surface area contributed by atoms with Crippen LogP contribution in [0.1, 0.15) is 0 Å². The average molecular weight is 302 g/mol. The molecular formula is C8H7IN4O. The van der Waals surface area contributed by atoms with Crippen molar-refractivity contribution in [2.75, 3.05) is 0 Å². The van der Waals surface area contributed by atoms with Gasteiger partial charge in [0.1, 0.15) is 12.1 Å². The van der Waals surface area contributed by atoms with E-state index in [0.29, 0.717) is 5.82 Å². The van der Waals surface area contributed by atoms with Crippen LogP contribution in [-0.2, 0) is 7.05 Å². The first kappa shape index (κ1) is 9.38. The van der Waals surface area contributed by atoms with Crippen molar-refractivity contribution in [3.05, 3.63) is 38.7 Å². The Hall–Kier alpha value is -1.18. The summed E-state index contributed by atoms with van der Waals surface area (Å²) in [6.07, 6.45) is 3.16. The van der Waals surface area contributed by atoms with Crippen LogP contribution in [0.15, 0.2) is 29.5 Å². The first-order valence-corrected chi connectivity index (χ1v) is 4.99. The second-order valence-corrected chi connectivity index (χ2v) is 3.99. The first-order chi connectivity index (χ1) is 6.68. The normalized spacial score (nSPS) is 10.4. The number of rotatable bonds is 1. The number of aryl methyl sites for hydroxylation is 1. The van der Waals surface area contributed by atoms with Gasteiger partial charge in [-0.3, -0.25) is 0 Å². The predicted octanol–water partition coefficient (Wildman–Crippen LogP) is 0.571. The van der Waals surface area contributed by atoms with Crippen LogP contribution in [0.5, 0.6) is 0 Å². The van der Waals surface area contributed by atoms with E-state index in [1.807, 2.05) is 6.07 Å². The van der Waals surface area contributed by atoms with Gasteiger partial charge < -0.3 is 0 Å². The lowest BCUT2D eigenvalue weighted by Crippen LogP contribution is -2.21. The third-order valence-corrected chi connectivity index (χ3v) is 2.42. The van der Waals surface area contributed by atoms with Gasteiger partial charge in [-0.1, -0.05) is 0 Å². The van der Waals surface area contributed by atoms with Gasteiger partial charge in [0.15, 0.2) is 0 Å². The van der Waals surface area contributed by atoms with Crippen molar-refractivity contribution in [1.82, 2.24) is 19.3 Å². The second kappa shape index (κ2) is 3.52. The molecule has 0 spiro atoms. The summed E-state index contributed by atoms with van der Waals surface area (Å²) >= 11 is 2.16. The molecule has 2 heterocycles. The lowest BCUT2D eigenvalue weighted by Gasteiger charge is -1.97. The number of nitrogens with zero attached hydrogens (tertiary/aromatic N) is 4. The summed E-state index contributed by atoms with van der Waals surface area (Å²) < 4.78 is 3.69. The van der Waals surface area contributed by atoms with Gasteiger partial charge in [0.05, 0.1) is 0 Å². The summed E-state index contributed by atoms with van der Waals surface area (Å²) in [5.74, 6) is 0.587. The van der Waals surface area contributed by atoms with E-state index in [0.717, 1.165) is 3.57 Å². The van der Waals surface area contributed by atoms with Crippen molar-refractivity contribution < 1.29 is 0 Å². The molecule has 0 fully saturated rings. The van der Waals surface area contributed by atoms with Crippen molar-refractivity contribution in [3.8, 4) is 5.82 Å². The van der Waals surface area contributed by atoms with E-state index in [1.54, 1.807) is 19.3 Å². The van der Waals surface area contributed by atoms with Gasteiger partial charge in [0.2, 0.25) is 0 Å². The molecule has 14 heavy (non-hydrogen) atoms. The molecule has 72 valence electrons. The Morgan fingerprint density at radius 3 is 2.71 bits per heavy atom. The van der Waals surface area contributed by atoms with Crippen LogP contribution in [0, 0.1) is 3.57 Å². The molecule has 5 nitrogen and oxygen atoms in total. The largest absolute Gasteiger partial charge is 0.351 e. The molecule has 0 aliphatic heterocycles. The fourth-order valence-corrected chi connectivity index (χ4v) is 1.37. The summed E-state index contributed by atoms with van der Waals surface area (Å²) in [7, 11) is 1.60. The summed E-state index contributed by atoms with van der Waals surface area (Å²) in [4.78, 5) is 15.6. The molecule has 0 radical (unpaired) electrons. The zero-order valence-electron chi connectivity index (χ0n) is 7.38. The maximum Gasteiger partial charge on any atom is 0.351 e. The van der Waals surface area contributed by atoms with Crippen molar-refractivity contribution in [2.24, 2.45) is 7.05 Å². The Balaban J connectivity index is 2.55. The van der Waals surface area contributed by atoms with E-state index < -0.39 is 0 Å². The van der Waals surface area contributed by atoms with Crippen LogP contribution < -0.4 is 5.69 Å². The first-order valence-electron chi connectivity index (χ1n) is 3.91. The van der Waals surface area contributed by atoms with Gasteiger partial charge in [-0.25, -0.2) is 19.0 Å². The predicted molar refractivity (Wildman–Crippen MR) is 59.3 cm³/mol. The fraction of sp³-hybridized carbons (Fsp3) is 0.125. The smallest absolute Gasteiger partial charge is 0.246 e. The number of pyridine rings is 1. The highest BCUT2D eigenvalue weighted by Crippen LogP contribution is 2.04. The van der Waals surface area contributed by atoms with Gasteiger partial charge in [0, 0.05) is 16.8 Å². The van der Waals surface area contributed by atoms with Crippen LogP contribution in [0.2, 0.25) is 0 Å². The standard InChI is InChI=1S/C8H7IN4O/c1-12-8(14)13(5-11-12)7-3-2-6(9)4-10-7/h2-5H,1H3. The molecule has 0 aromatic carbocycles. The Kier molecular flexibility index (Phi) is 2.36. The Labute approximate surface area is 93.5 Å². The third kappa shape index (κ3) is 1.57. The number of hydrogen-bond acceptors (Lipinski definition) is 3. The van der Waals surface area contributed by atoms with Crippen LogP contribution in [0.4, 0.5) is 0 Å². The highest BCUT2D eigenvalue weighted by Gasteiger charge is 2.03. The lowest BCUT2D eigenvalue weighted by molar-refractivity contribution is 0.724. The van der Waals surface area contributed by atoms with Gasteiger partial charge in [-0.2, -0.15) is 5.10 Å². The maximum absolute atomic E-state index is 11.5. The molecule has 0 amide bonds. The Morgan fingerprint density at radius 1 is 1.43 bits per heavy atom. The molecule has 0 aliphatic rings. The number of hydrogen-bond donors (Lipinski definition) is 0. The summed E-state index contributed by atoms with van der Waals surface area (Å²) in [5, 5.41) is 3.84. The van der Waals surface area contributed by atoms with E-state index >= 15 is 0 Å². The molecule has 6 heteroatoms. The van der Waals surface area contributed by atoms with E-state index in [1.165, 1.54) is 15.6 Å². The van der Waals surface area contributed by atoms with Crippen molar-refractivity contribution >= 4 is 22.6 Å². The molecular weight excluding hydrogens is 295 g/mol. The molecule has 2 aromatic rings. The van der Waals surface area contributed by atoms with Gasteiger partial charge in [0.25, 0.3) is 0 Å². The Morgan fingerprint density at radius 2 is 2.21 bits per heavy atom. The molecule has 0 unspecified atom stereocenters. The fourth-order valence-electron chi connectivity index (χ4n) is 1.05. The second-order valence-electron chi connectivity index (χ2n) is 2.74. The van der Waals surface area contributed by atoms with Crippen LogP contribution in [0.3, 0.4) is 0 Å². The van der Waals surface area contributed by atoms with Crippen molar-refractivity contribution in [2.45, 2.75) is 0 Å². The number of halogens is 1. The van der Waals surface area contributed by atoms with Crippen LogP contribution in [0.25, 0.3) is 5.82 Å². The lowest BCUT2D eigenvalue weighted by atomic mass is 10.5. The quantitative estimate of drug-likeness (QED) is 0.724. The molecule has 2 aromatic heterocycles. The average Bonchev–Trinajstić information content (AvgIpc) is 2.50. The highest BCUT2D eigenvalue weighted by atomic mass is 127. The molecule has 0 saturated heterocycles. The minimum absolute atomic E-state index is 0.196. The molecule has 0 atom stereocenters. The summed E-state index contributed by atoms with van der Waals surface area (Å²) in [6, 6.07) is 3.67. The Bertz CT molecular complexity index is 499. The topological polar surface area (TPSA) is 52.7 Å². The number of aromatic nitrogens is 4. The van der Waals surface area contributed by atoms with Crippen molar-refractivity contribution in [3.63, 3.8) is 0 Å². The van der Waals surface area contributed by atoms with Gasteiger partial charge in [-0.05, 0) is 34.7 Å². The molecule has 0 aliphatic carbocycles. The van der Waals surface area contributed by atoms with E-state index in [4.69, 9.17) is 0 Å². The van der Waals surface area contributed by atoms with E-state index in [2.05, 4.69) is 32.7 Å². The zero-order valence-corrected chi connectivity index (χ0v) is 9.54. The summed E-state index contributed by atoms with van der Waals surface area (Å²) in [6.45, 7) is 0. The third-order valence-electron chi connectivity index (χ3n) is 1.78. The monoisotopic (exact) mass is 302 g/mol. The zero-order chi connectivity index (χ0) is 10.1. The molecule has 2 rings (SSSR count). The molecule has 0 bridgehead atoms. The van der Waals surface area contributed by atoms with Gasteiger partial charge >= 0.3 is 5.69 Å². The SMILES string of the molecule is Cn1ncn(-c2ccc(I)cn2)c1=O. The van der Waals surface area contributed by atoms with Crippen LogP contribution >= 0.6 is 22.6 Å². The molecule has 0 N–H and O–H groups in total.